The van der Waals surface area contributed by atoms with Crippen LogP contribution in [0.3, 0.4) is 0 Å². The first kappa shape index (κ1) is 45.3. The summed E-state index contributed by atoms with van der Waals surface area (Å²) in [5.74, 6) is -1.29. The van der Waals surface area contributed by atoms with Crippen LogP contribution in [-0.2, 0) is 45.3 Å². The van der Waals surface area contributed by atoms with E-state index in [1.54, 1.807) is 23.3 Å². The highest BCUT2D eigenvalue weighted by atomic mass is 32.1. The summed E-state index contributed by atoms with van der Waals surface area (Å²) >= 11 is 1.31. The number of imidazole rings is 1. The third-order valence-corrected chi connectivity index (χ3v) is 11.6. The van der Waals surface area contributed by atoms with Gasteiger partial charge in [0.15, 0.2) is 11.0 Å². The number of nitrogens with two attached hydrogens (primary N) is 3. The molecule has 6 aromatic rings. The first-order valence-corrected chi connectivity index (χ1v) is 21.7. The number of primary amides is 1. The number of ketones is 1. The van der Waals surface area contributed by atoms with E-state index in [4.69, 9.17) is 21.9 Å². The Morgan fingerprint density at radius 3 is 2.52 bits per heavy atom. The number of carbonyl (C=O) groups is 4. The molecule has 323 valence electrons. The molecule has 3 atom stereocenters. The molecule has 3 heterocycles. The molecule has 18 heteroatoms. The van der Waals surface area contributed by atoms with Gasteiger partial charge in [0, 0.05) is 49.3 Å². The maximum Gasteiger partial charge on any atom is 0.240 e. The number of nitrogens with one attached hydrogen (secondary N) is 4. The summed E-state index contributed by atoms with van der Waals surface area (Å²) in [6.45, 7) is 4.98. The Hall–Kier alpha value is -6.21. The highest BCUT2D eigenvalue weighted by Gasteiger charge is 2.33. The molecule has 10 N–H and O–H groups in total. The van der Waals surface area contributed by atoms with Crippen LogP contribution >= 0.6 is 11.3 Å². The lowest BCUT2D eigenvalue weighted by molar-refractivity contribution is -0.129. The Bertz CT molecular complexity index is 2480. The molecule has 0 saturated heterocycles. The number of carbonyl (C=O) groups excluding carboxylic acids is 4. The number of Topliss-reactive ketones (excluding diaryl/α,β-unsaturated/α-hetero) is 1. The number of fused-ring (bicyclic) bond motifs is 2. The van der Waals surface area contributed by atoms with E-state index in [1.165, 1.54) is 11.3 Å². The molecular formula is C44H52N11O5SSi. The molecule has 62 heavy (non-hydrogen) atoms. The fourth-order valence-corrected chi connectivity index (χ4v) is 8.00. The van der Waals surface area contributed by atoms with Gasteiger partial charge in [-0.1, -0.05) is 68.4 Å². The smallest absolute Gasteiger partial charge is 0.240 e. The van der Waals surface area contributed by atoms with Crippen molar-refractivity contribution >= 4 is 77.9 Å². The van der Waals surface area contributed by atoms with Gasteiger partial charge in [0.1, 0.15) is 12.8 Å². The summed E-state index contributed by atoms with van der Waals surface area (Å²) in [5, 5.41) is 8.30. The summed E-state index contributed by atoms with van der Waals surface area (Å²) < 4.78 is 8.49. The Balaban J connectivity index is 1.05. The predicted octanol–water partition coefficient (Wildman–Crippen LogP) is 4.04. The van der Waals surface area contributed by atoms with Gasteiger partial charge in [-0.15, -0.1) is 11.3 Å². The standard InChI is InChI=1S/C44H52N11O5SSi/c1-27(2)17-18-37(56)51-34(39(57)41-52-32-13-6-7-16-36(32)61-41)15-9-19-49-43(46)54-33-14-8-12-31-29(22-50-38(31)33)20-35(40(45)58)53-42(59)44(47,62)21-30-23-48-25-55(30)26-60-24-28-10-4-3-5-11-28/h3-8,10-14,16,22-23,25,27,34-35,50H,9,15,17-21,24,26,47H2,1-2H3,(H2,45,58)(H,51,56)(H,53,59)(H3,46,49,54)/t34-,35-,44?/m0/s1. The average Bonchev–Trinajstić information content (AvgIpc) is 4.00. The summed E-state index contributed by atoms with van der Waals surface area (Å²) in [4.78, 5) is 69.1. The first-order chi connectivity index (χ1) is 29.8. The molecule has 0 aliphatic rings. The maximum atomic E-state index is 13.6. The summed E-state index contributed by atoms with van der Waals surface area (Å²) in [6, 6.07) is 21.0. The minimum atomic E-state index is -1.60. The van der Waals surface area contributed by atoms with Gasteiger partial charge in [-0.05, 0) is 54.5 Å². The number of guanidine groups is 1. The Morgan fingerprint density at radius 2 is 1.76 bits per heavy atom. The normalized spacial score (nSPS) is 13.8. The van der Waals surface area contributed by atoms with Gasteiger partial charge in [-0.25, -0.2) is 9.97 Å². The molecule has 3 radical (unpaired) electrons. The van der Waals surface area contributed by atoms with E-state index in [0.717, 1.165) is 21.2 Å². The molecule has 0 aliphatic carbocycles. The van der Waals surface area contributed by atoms with Crippen molar-refractivity contribution in [1.82, 2.24) is 30.2 Å². The second-order valence-electron chi connectivity index (χ2n) is 15.6. The number of benzene rings is 3. The van der Waals surface area contributed by atoms with Gasteiger partial charge < -0.3 is 47.4 Å². The van der Waals surface area contributed by atoms with Crippen molar-refractivity contribution in [2.75, 3.05) is 11.9 Å². The zero-order chi connectivity index (χ0) is 44.2. The molecule has 3 aromatic heterocycles. The van der Waals surface area contributed by atoms with E-state index in [2.05, 4.69) is 46.1 Å². The molecule has 0 spiro atoms. The van der Waals surface area contributed by atoms with Crippen molar-refractivity contribution < 1.29 is 23.9 Å². The lowest BCUT2D eigenvalue weighted by Gasteiger charge is -2.26. The minimum Gasteiger partial charge on any atom is -0.370 e. The topological polar surface area (TPSA) is 251 Å². The van der Waals surface area contributed by atoms with Gasteiger partial charge in [0.2, 0.25) is 23.5 Å². The van der Waals surface area contributed by atoms with Crippen molar-refractivity contribution in [3.05, 3.63) is 113 Å². The largest absolute Gasteiger partial charge is 0.370 e. The predicted molar refractivity (Wildman–Crippen MR) is 242 cm³/mol. The molecule has 0 aliphatic heterocycles. The molecule has 0 bridgehead atoms. The summed E-state index contributed by atoms with van der Waals surface area (Å²) in [6.07, 6.45) is 6.90. The van der Waals surface area contributed by atoms with E-state index < -0.39 is 29.1 Å². The van der Waals surface area contributed by atoms with Crippen LogP contribution in [0.5, 0.6) is 0 Å². The lowest BCUT2D eigenvalue weighted by atomic mass is 10.0. The Labute approximate surface area is 366 Å². The quantitative estimate of drug-likeness (QED) is 0.0170. The second kappa shape index (κ2) is 21.0. The number of aliphatic imine (C=N–C) groups is 1. The van der Waals surface area contributed by atoms with Crippen molar-refractivity contribution in [3.63, 3.8) is 0 Å². The van der Waals surface area contributed by atoms with Crippen molar-refractivity contribution in [2.24, 2.45) is 28.1 Å². The summed E-state index contributed by atoms with van der Waals surface area (Å²) in [7, 11) is 3.43. The number of nitrogens with zero attached hydrogens (tertiary/aromatic N) is 4. The number of hydrogen-bond donors (Lipinski definition) is 7. The van der Waals surface area contributed by atoms with Crippen LogP contribution in [-0.4, -0.2) is 83.0 Å². The molecule has 16 nitrogen and oxygen atoms in total. The Morgan fingerprint density at radius 1 is 0.984 bits per heavy atom. The second-order valence-corrected chi connectivity index (χ2v) is 17.5. The van der Waals surface area contributed by atoms with Crippen LogP contribution in [0.1, 0.15) is 66.2 Å². The van der Waals surface area contributed by atoms with Gasteiger partial charge >= 0.3 is 0 Å². The molecule has 3 amide bonds. The number of H-pyrrole nitrogens is 1. The number of aromatic nitrogens is 4. The molecule has 0 saturated carbocycles. The van der Waals surface area contributed by atoms with E-state index in [-0.39, 0.29) is 43.8 Å². The van der Waals surface area contributed by atoms with E-state index in [9.17, 15) is 19.2 Å². The lowest BCUT2D eigenvalue weighted by Crippen LogP contribution is -2.60. The van der Waals surface area contributed by atoms with E-state index in [1.807, 2.05) is 86.6 Å². The van der Waals surface area contributed by atoms with Crippen LogP contribution in [0.15, 0.2) is 96.5 Å². The van der Waals surface area contributed by atoms with Crippen molar-refractivity contribution in [3.8, 4) is 0 Å². The van der Waals surface area contributed by atoms with Gasteiger partial charge in [-0.3, -0.25) is 24.2 Å². The number of hydrogen-bond acceptors (Lipinski definition) is 10. The molecule has 0 fully saturated rings. The minimum absolute atomic E-state index is 0.0405. The Kier molecular flexibility index (Phi) is 15.4. The fourth-order valence-electron chi connectivity index (χ4n) is 6.78. The zero-order valence-electron chi connectivity index (χ0n) is 34.7. The molecule has 1 unspecified atom stereocenters. The highest BCUT2D eigenvalue weighted by molar-refractivity contribution is 7.20. The number of para-hydroxylation sites is 2. The molecule has 6 rings (SSSR count). The van der Waals surface area contributed by atoms with Gasteiger partial charge in [0.25, 0.3) is 0 Å². The molecule has 3 aromatic carbocycles. The molecular weight excluding hydrogens is 823 g/mol. The first-order valence-electron chi connectivity index (χ1n) is 20.4. The van der Waals surface area contributed by atoms with Crippen molar-refractivity contribution in [2.45, 2.75) is 83.0 Å². The van der Waals surface area contributed by atoms with E-state index in [0.29, 0.717) is 65.7 Å². The number of anilines is 1. The van der Waals surface area contributed by atoms with Crippen molar-refractivity contribution in [1.29, 1.82) is 0 Å². The zero-order valence-corrected chi connectivity index (χ0v) is 36.5. The number of rotatable bonds is 22. The highest BCUT2D eigenvalue weighted by Crippen LogP contribution is 2.27. The number of amides is 3. The van der Waals surface area contributed by atoms with Crippen LogP contribution < -0.4 is 33.2 Å². The van der Waals surface area contributed by atoms with Crippen LogP contribution in [0, 0.1) is 5.92 Å². The number of ether oxygens (including phenoxy) is 1. The summed E-state index contributed by atoms with van der Waals surface area (Å²) in [5.41, 5.74) is 23.0. The van der Waals surface area contributed by atoms with E-state index >= 15 is 0 Å². The monoisotopic (exact) mass is 874 g/mol. The maximum absolute atomic E-state index is 13.6. The van der Waals surface area contributed by atoms with Crippen LogP contribution in [0.25, 0.3) is 21.1 Å². The van der Waals surface area contributed by atoms with Crippen LogP contribution in [0.4, 0.5) is 5.69 Å². The van der Waals surface area contributed by atoms with Crippen LogP contribution in [0.2, 0.25) is 0 Å². The van der Waals surface area contributed by atoms with Gasteiger partial charge in [-0.2, -0.15) is 0 Å². The van der Waals surface area contributed by atoms with Gasteiger partial charge in [0.05, 0.1) is 55.8 Å². The third kappa shape index (κ3) is 12.2. The SMILES string of the molecule is CC(C)CCC(=O)N[C@@H](CCCN=C(N)Nc1cccc2c(C[C@H](NC(=O)C(N)([Si])Cc3cncn3COCc3ccccc3)C(N)=O)c[nH]c12)C(=O)c1nc2ccccc2s1. The number of aromatic amines is 1. The fraction of sp³-hybridized carbons (Fsp3) is 0.341. The third-order valence-electron chi connectivity index (χ3n) is 10.2. The average molecular weight is 875 g/mol. The number of thiazole rings is 1.